The summed E-state index contributed by atoms with van der Waals surface area (Å²) in [5, 5.41) is 8.96. The Bertz CT molecular complexity index is 533. The van der Waals surface area contributed by atoms with Crippen molar-refractivity contribution in [2.24, 2.45) is 11.8 Å². The lowest BCUT2D eigenvalue weighted by Gasteiger charge is -2.22. The molecular formula is C16H19NO3. The molecule has 0 saturated heterocycles. The van der Waals surface area contributed by atoms with E-state index in [-0.39, 0.29) is 11.8 Å². The number of aryl methyl sites for hydroxylation is 1. The highest BCUT2D eigenvalue weighted by atomic mass is 16.4. The molecule has 0 aliphatic heterocycles. The minimum Gasteiger partial charge on any atom is -0.481 e. The molecule has 0 bridgehead atoms. The Hall–Kier alpha value is -1.84. The fourth-order valence-corrected chi connectivity index (χ4v) is 2.62. The van der Waals surface area contributed by atoms with E-state index in [1.165, 1.54) is 5.56 Å². The molecule has 4 nitrogen and oxygen atoms in total. The average Bonchev–Trinajstić information content (AvgIpc) is 3.28. The first kappa shape index (κ1) is 13.2. The molecule has 2 atom stereocenters. The van der Waals surface area contributed by atoms with Crippen molar-refractivity contribution in [2.45, 2.75) is 38.8 Å². The first-order valence-electron chi connectivity index (χ1n) is 7.15. The van der Waals surface area contributed by atoms with Gasteiger partial charge in [0.25, 0.3) is 0 Å². The fraction of sp³-hybridized carbons (Fsp3) is 0.500. The van der Waals surface area contributed by atoms with Gasteiger partial charge < -0.3 is 10.0 Å². The van der Waals surface area contributed by atoms with E-state index in [1.54, 1.807) is 0 Å². The SMILES string of the molecule is Cc1ccc(CN(C(=O)C2CC2C(=O)O)C2CC2)cc1. The summed E-state index contributed by atoms with van der Waals surface area (Å²) in [5.41, 5.74) is 2.31. The van der Waals surface area contributed by atoms with Crippen LogP contribution in [-0.4, -0.2) is 27.9 Å². The number of amides is 1. The van der Waals surface area contributed by atoms with E-state index >= 15 is 0 Å². The van der Waals surface area contributed by atoms with Crippen molar-refractivity contribution in [3.63, 3.8) is 0 Å². The highest BCUT2D eigenvalue weighted by Crippen LogP contribution is 2.42. The Morgan fingerprint density at radius 1 is 1.20 bits per heavy atom. The van der Waals surface area contributed by atoms with Crippen molar-refractivity contribution in [1.29, 1.82) is 0 Å². The summed E-state index contributed by atoms with van der Waals surface area (Å²) in [6.45, 7) is 2.64. The summed E-state index contributed by atoms with van der Waals surface area (Å²) >= 11 is 0. The molecule has 2 aliphatic rings. The van der Waals surface area contributed by atoms with Gasteiger partial charge in [0.1, 0.15) is 0 Å². The number of hydrogen-bond donors (Lipinski definition) is 1. The van der Waals surface area contributed by atoms with E-state index in [9.17, 15) is 9.59 Å². The van der Waals surface area contributed by atoms with Gasteiger partial charge in [0.15, 0.2) is 0 Å². The largest absolute Gasteiger partial charge is 0.481 e. The van der Waals surface area contributed by atoms with Crippen LogP contribution in [0.5, 0.6) is 0 Å². The van der Waals surface area contributed by atoms with Gasteiger partial charge in [-0.05, 0) is 31.7 Å². The van der Waals surface area contributed by atoms with Crippen LogP contribution in [-0.2, 0) is 16.1 Å². The molecule has 2 unspecified atom stereocenters. The molecule has 106 valence electrons. The van der Waals surface area contributed by atoms with Gasteiger partial charge in [0, 0.05) is 12.6 Å². The van der Waals surface area contributed by atoms with Crippen LogP contribution in [0.1, 0.15) is 30.4 Å². The number of carbonyl (C=O) groups is 2. The molecule has 2 aliphatic carbocycles. The van der Waals surface area contributed by atoms with Crippen LogP contribution in [0.25, 0.3) is 0 Å². The first-order chi connectivity index (χ1) is 9.56. The van der Waals surface area contributed by atoms with Crippen LogP contribution in [0.4, 0.5) is 0 Å². The lowest BCUT2D eigenvalue weighted by Crippen LogP contribution is -2.34. The number of carboxylic acid groups (broad SMARTS) is 1. The third-order valence-electron chi connectivity index (χ3n) is 4.17. The van der Waals surface area contributed by atoms with Crippen LogP contribution < -0.4 is 0 Å². The molecular weight excluding hydrogens is 254 g/mol. The van der Waals surface area contributed by atoms with Crippen LogP contribution in [0.2, 0.25) is 0 Å². The summed E-state index contributed by atoms with van der Waals surface area (Å²) in [6, 6.07) is 8.49. The summed E-state index contributed by atoms with van der Waals surface area (Å²) in [4.78, 5) is 25.2. The van der Waals surface area contributed by atoms with Gasteiger partial charge in [-0.15, -0.1) is 0 Å². The van der Waals surface area contributed by atoms with E-state index in [2.05, 4.69) is 0 Å². The Labute approximate surface area is 118 Å². The minimum atomic E-state index is -0.838. The molecule has 1 N–H and O–H groups in total. The number of nitrogens with zero attached hydrogens (tertiary/aromatic N) is 1. The van der Waals surface area contributed by atoms with Gasteiger partial charge in [-0.2, -0.15) is 0 Å². The van der Waals surface area contributed by atoms with Crippen molar-refractivity contribution < 1.29 is 14.7 Å². The third-order valence-corrected chi connectivity index (χ3v) is 4.17. The molecule has 0 radical (unpaired) electrons. The van der Waals surface area contributed by atoms with E-state index in [4.69, 9.17) is 5.11 Å². The molecule has 1 aromatic rings. The Balaban J connectivity index is 1.68. The zero-order valence-electron chi connectivity index (χ0n) is 11.6. The van der Waals surface area contributed by atoms with Crippen LogP contribution in [0.15, 0.2) is 24.3 Å². The lowest BCUT2D eigenvalue weighted by molar-refractivity contribution is -0.142. The quantitative estimate of drug-likeness (QED) is 0.894. The summed E-state index contributed by atoms with van der Waals surface area (Å²) in [7, 11) is 0. The van der Waals surface area contributed by atoms with Gasteiger partial charge in [0.05, 0.1) is 11.8 Å². The topological polar surface area (TPSA) is 57.6 Å². The summed E-state index contributed by atoms with van der Waals surface area (Å²) < 4.78 is 0. The number of hydrogen-bond acceptors (Lipinski definition) is 2. The standard InChI is InChI=1S/C16H19NO3/c1-10-2-4-11(5-3-10)9-17(12-6-7-12)15(18)13-8-14(13)16(19)20/h2-5,12-14H,6-9H2,1H3,(H,19,20). The molecule has 2 fully saturated rings. The molecule has 0 heterocycles. The molecule has 2 saturated carbocycles. The van der Waals surface area contributed by atoms with Gasteiger partial charge in [-0.25, -0.2) is 0 Å². The second-order valence-electron chi connectivity index (χ2n) is 5.97. The Morgan fingerprint density at radius 3 is 2.35 bits per heavy atom. The normalized spacial score (nSPS) is 24.2. The van der Waals surface area contributed by atoms with E-state index < -0.39 is 11.9 Å². The zero-order valence-corrected chi connectivity index (χ0v) is 11.6. The molecule has 4 heteroatoms. The molecule has 1 aromatic carbocycles. The number of benzene rings is 1. The average molecular weight is 273 g/mol. The first-order valence-corrected chi connectivity index (χ1v) is 7.15. The summed E-state index contributed by atoms with van der Waals surface area (Å²) in [5.74, 6) is -1.56. The number of carboxylic acids is 1. The predicted molar refractivity (Wildman–Crippen MR) is 74.0 cm³/mol. The van der Waals surface area contributed by atoms with Crippen molar-refractivity contribution in [1.82, 2.24) is 4.90 Å². The maximum atomic E-state index is 12.4. The second-order valence-corrected chi connectivity index (χ2v) is 5.97. The molecule has 0 spiro atoms. The fourth-order valence-electron chi connectivity index (χ4n) is 2.62. The highest BCUT2D eigenvalue weighted by Gasteiger charge is 2.51. The monoisotopic (exact) mass is 273 g/mol. The number of carbonyl (C=O) groups excluding carboxylic acids is 1. The Morgan fingerprint density at radius 2 is 1.85 bits per heavy atom. The van der Waals surface area contributed by atoms with Crippen molar-refractivity contribution in [3.8, 4) is 0 Å². The Kier molecular flexibility index (Phi) is 3.24. The molecule has 3 rings (SSSR count). The lowest BCUT2D eigenvalue weighted by atomic mass is 10.1. The minimum absolute atomic E-state index is 0.0282. The van der Waals surface area contributed by atoms with Crippen molar-refractivity contribution in [2.75, 3.05) is 0 Å². The second kappa shape index (κ2) is 4.93. The van der Waals surface area contributed by atoms with Crippen LogP contribution in [0.3, 0.4) is 0 Å². The number of rotatable bonds is 5. The maximum absolute atomic E-state index is 12.4. The number of aliphatic carboxylic acids is 1. The van der Waals surface area contributed by atoms with E-state index in [0.717, 1.165) is 18.4 Å². The van der Waals surface area contributed by atoms with Gasteiger partial charge >= 0.3 is 5.97 Å². The van der Waals surface area contributed by atoms with Gasteiger partial charge in [-0.3, -0.25) is 9.59 Å². The zero-order chi connectivity index (χ0) is 14.3. The smallest absolute Gasteiger partial charge is 0.307 e. The third kappa shape index (κ3) is 2.69. The van der Waals surface area contributed by atoms with Crippen molar-refractivity contribution >= 4 is 11.9 Å². The molecule has 1 amide bonds. The van der Waals surface area contributed by atoms with Crippen LogP contribution >= 0.6 is 0 Å². The van der Waals surface area contributed by atoms with E-state index in [0.29, 0.717) is 19.0 Å². The van der Waals surface area contributed by atoms with Gasteiger partial charge in [0.2, 0.25) is 5.91 Å². The highest BCUT2D eigenvalue weighted by molar-refractivity contribution is 5.89. The predicted octanol–water partition coefficient (Wildman–Crippen LogP) is 2.21. The van der Waals surface area contributed by atoms with Crippen molar-refractivity contribution in [3.05, 3.63) is 35.4 Å². The van der Waals surface area contributed by atoms with E-state index in [1.807, 2.05) is 36.1 Å². The van der Waals surface area contributed by atoms with Crippen LogP contribution in [0, 0.1) is 18.8 Å². The van der Waals surface area contributed by atoms with Gasteiger partial charge in [-0.1, -0.05) is 29.8 Å². The molecule has 0 aromatic heterocycles. The maximum Gasteiger partial charge on any atom is 0.307 e. The summed E-state index contributed by atoms with van der Waals surface area (Å²) in [6.07, 6.45) is 2.59. The molecule has 20 heavy (non-hydrogen) atoms.